The van der Waals surface area contributed by atoms with E-state index in [2.05, 4.69) is 10.3 Å². The summed E-state index contributed by atoms with van der Waals surface area (Å²) < 4.78 is 0. The molecule has 0 spiro atoms. The van der Waals surface area contributed by atoms with Gasteiger partial charge in [0.15, 0.2) is 0 Å². The number of benzene rings is 1. The molecule has 0 unspecified atom stereocenters. The van der Waals surface area contributed by atoms with Gasteiger partial charge in [-0.1, -0.05) is 29.8 Å². The van der Waals surface area contributed by atoms with Crippen LogP contribution in [0.25, 0.3) is 0 Å². The molecule has 1 aromatic carbocycles. The second-order valence-corrected chi connectivity index (χ2v) is 6.73. The molecule has 0 saturated heterocycles. The summed E-state index contributed by atoms with van der Waals surface area (Å²) in [4.78, 5) is 15.6. The summed E-state index contributed by atoms with van der Waals surface area (Å²) in [6, 6.07) is 7.41. The number of aromatic carboxylic acids is 1. The van der Waals surface area contributed by atoms with Crippen molar-refractivity contribution >= 4 is 23.2 Å². The molecule has 6 heteroatoms. The van der Waals surface area contributed by atoms with Crippen LogP contribution >= 0.6 is 0 Å². The molecular formula is C18H22N4O2. The molecule has 0 amide bonds. The zero-order chi connectivity index (χ0) is 18.1. The van der Waals surface area contributed by atoms with E-state index in [1.165, 1.54) is 6.20 Å². The molecule has 24 heavy (non-hydrogen) atoms. The second kappa shape index (κ2) is 6.31. The zero-order valence-corrected chi connectivity index (χ0v) is 14.3. The minimum Gasteiger partial charge on any atom is -0.478 e. The number of nitrogens with one attached hydrogen (secondary N) is 2. The molecule has 2 aromatic rings. The van der Waals surface area contributed by atoms with Crippen LogP contribution in [0.2, 0.25) is 0 Å². The van der Waals surface area contributed by atoms with E-state index in [1.807, 2.05) is 52.0 Å². The molecule has 0 aliphatic rings. The number of aryl methyl sites for hydroxylation is 1. The highest BCUT2D eigenvalue weighted by Crippen LogP contribution is 2.28. The van der Waals surface area contributed by atoms with Gasteiger partial charge in [0.05, 0.1) is 17.0 Å². The van der Waals surface area contributed by atoms with E-state index in [9.17, 15) is 9.90 Å². The number of carboxylic acids is 1. The van der Waals surface area contributed by atoms with Crippen molar-refractivity contribution in [1.29, 1.82) is 5.41 Å². The number of pyridine rings is 1. The van der Waals surface area contributed by atoms with E-state index in [4.69, 9.17) is 11.1 Å². The van der Waals surface area contributed by atoms with Gasteiger partial charge in [-0.3, -0.25) is 5.41 Å². The van der Waals surface area contributed by atoms with E-state index in [0.717, 1.165) is 5.56 Å². The Balaban J connectivity index is 2.63. The van der Waals surface area contributed by atoms with Crippen LogP contribution in [-0.2, 0) is 0 Å². The van der Waals surface area contributed by atoms with Gasteiger partial charge < -0.3 is 16.2 Å². The maximum atomic E-state index is 11.4. The van der Waals surface area contributed by atoms with E-state index < -0.39 is 5.97 Å². The number of anilines is 2. The lowest BCUT2D eigenvalue weighted by Crippen LogP contribution is -2.29. The summed E-state index contributed by atoms with van der Waals surface area (Å²) in [6.07, 6.45) is 1.22. The SMILES string of the molecule is Cc1ccc(C(=N)c2c(NC(C)(C)C)ncc(C(=O)O)c2N)cc1. The Morgan fingerprint density at radius 1 is 1.25 bits per heavy atom. The van der Waals surface area contributed by atoms with Gasteiger partial charge in [-0.2, -0.15) is 0 Å². The maximum absolute atomic E-state index is 11.4. The van der Waals surface area contributed by atoms with Crippen LogP contribution in [0.4, 0.5) is 11.5 Å². The average molecular weight is 326 g/mol. The molecular weight excluding hydrogens is 304 g/mol. The summed E-state index contributed by atoms with van der Waals surface area (Å²) in [5, 5.41) is 21.0. The van der Waals surface area contributed by atoms with Gasteiger partial charge in [-0.25, -0.2) is 9.78 Å². The third kappa shape index (κ3) is 3.71. The molecule has 126 valence electrons. The highest BCUT2D eigenvalue weighted by molar-refractivity contribution is 6.18. The maximum Gasteiger partial charge on any atom is 0.339 e. The van der Waals surface area contributed by atoms with Crippen molar-refractivity contribution < 1.29 is 9.90 Å². The van der Waals surface area contributed by atoms with Gasteiger partial charge in [-0.15, -0.1) is 0 Å². The quantitative estimate of drug-likeness (QED) is 0.644. The monoisotopic (exact) mass is 326 g/mol. The number of hydrogen-bond donors (Lipinski definition) is 4. The van der Waals surface area contributed by atoms with Crippen molar-refractivity contribution in [2.45, 2.75) is 33.2 Å². The lowest BCUT2D eigenvalue weighted by molar-refractivity contribution is 0.0697. The third-order valence-corrected chi connectivity index (χ3v) is 3.43. The fraction of sp³-hybridized carbons (Fsp3) is 0.278. The summed E-state index contributed by atoms with van der Waals surface area (Å²) in [5.41, 5.74) is 7.84. The second-order valence-electron chi connectivity index (χ2n) is 6.73. The number of carboxylic acid groups (broad SMARTS) is 1. The first kappa shape index (κ1) is 17.5. The fourth-order valence-electron chi connectivity index (χ4n) is 2.26. The lowest BCUT2D eigenvalue weighted by Gasteiger charge is -2.24. The van der Waals surface area contributed by atoms with Gasteiger partial charge >= 0.3 is 5.97 Å². The first-order valence-electron chi connectivity index (χ1n) is 7.56. The summed E-state index contributed by atoms with van der Waals surface area (Å²) in [7, 11) is 0. The Morgan fingerprint density at radius 3 is 2.33 bits per heavy atom. The van der Waals surface area contributed by atoms with E-state index in [-0.39, 0.29) is 22.5 Å². The van der Waals surface area contributed by atoms with Crippen LogP contribution in [0, 0.1) is 12.3 Å². The number of rotatable bonds is 4. The van der Waals surface area contributed by atoms with Crippen LogP contribution in [-0.4, -0.2) is 27.3 Å². The number of carbonyl (C=O) groups is 1. The van der Waals surface area contributed by atoms with Gasteiger partial charge in [0.1, 0.15) is 11.4 Å². The Kier molecular flexibility index (Phi) is 4.59. The van der Waals surface area contributed by atoms with Crippen LogP contribution in [0.5, 0.6) is 0 Å². The minimum absolute atomic E-state index is 0.0369. The third-order valence-electron chi connectivity index (χ3n) is 3.43. The highest BCUT2D eigenvalue weighted by atomic mass is 16.4. The number of nitrogens with zero attached hydrogens (tertiary/aromatic N) is 1. The molecule has 0 radical (unpaired) electrons. The number of nitrogen functional groups attached to an aromatic ring is 1. The molecule has 6 nitrogen and oxygen atoms in total. The van der Waals surface area contributed by atoms with Crippen molar-refractivity contribution in [3.8, 4) is 0 Å². The van der Waals surface area contributed by atoms with Gasteiger partial charge in [0.25, 0.3) is 0 Å². The van der Waals surface area contributed by atoms with Gasteiger partial charge in [-0.05, 0) is 27.7 Å². The average Bonchev–Trinajstić information content (AvgIpc) is 2.45. The molecule has 0 bridgehead atoms. The normalized spacial score (nSPS) is 11.2. The molecule has 2 rings (SSSR count). The van der Waals surface area contributed by atoms with Crippen molar-refractivity contribution in [2.75, 3.05) is 11.1 Å². The smallest absolute Gasteiger partial charge is 0.339 e. The molecule has 0 atom stereocenters. The first-order chi connectivity index (χ1) is 11.1. The molecule has 0 aliphatic heterocycles. The summed E-state index contributed by atoms with van der Waals surface area (Å²) in [6.45, 7) is 7.82. The summed E-state index contributed by atoms with van der Waals surface area (Å²) >= 11 is 0. The predicted octanol–water partition coefficient (Wildman–Crippen LogP) is 3.30. The van der Waals surface area contributed by atoms with E-state index >= 15 is 0 Å². The zero-order valence-electron chi connectivity index (χ0n) is 14.3. The number of hydrogen-bond acceptors (Lipinski definition) is 5. The van der Waals surface area contributed by atoms with Crippen molar-refractivity contribution in [2.24, 2.45) is 0 Å². The molecule has 0 fully saturated rings. The first-order valence-corrected chi connectivity index (χ1v) is 7.56. The Hall–Kier alpha value is -2.89. The van der Waals surface area contributed by atoms with Crippen LogP contribution in [0.1, 0.15) is 47.8 Å². The van der Waals surface area contributed by atoms with Crippen molar-refractivity contribution in [3.05, 3.63) is 52.7 Å². The Morgan fingerprint density at radius 2 is 1.83 bits per heavy atom. The summed E-state index contributed by atoms with van der Waals surface area (Å²) in [5.74, 6) is -0.768. The van der Waals surface area contributed by atoms with Gasteiger partial charge in [0.2, 0.25) is 0 Å². The fourth-order valence-corrected chi connectivity index (χ4v) is 2.26. The molecule has 1 heterocycles. The standard InChI is InChI=1S/C18H22N4O2/c1-10-5-7-11(8-6-10)14(19)13-15(20)12(17(23)24)9-21-16(13)22-18(2,3)4/h5-9,19H,1-4H3,(H,23,24)(H3,20,21,22). The number of aromatic nitrogens is 1. The lowest BCUT2D eigenvalue weighted by atomic mass is 9.97. The molecule has 0 aliphatic carbocycles. The van der Waals surface area contributed by atoms with Crippen molar-refractivity contribution in [3.63, 3.8) is 0 Å². The largest absolute Gasteiger partial charge is 0.478 e. The van der Waals surface area contributed by atoms with Crippen LogP contribution in [0.15, 0.2) is 30.5 Å². The Bertz CT molecular complexity index is 790. The predicted molar refractivity (Wildman–Crippen MR) is 96.1 cm³/mol. The minimum atomic E-state index is -1.17. The van der Waals surface area contributed by atoms with Crippen LogP contribution in [0.3, 0.4) is 0 Å². The number of nitrogens with two attached hydrogens (primary N) is 1. The molecule has 1 aromatic heterocycles. The van der Waals surface area contributed by atoms with Gasteiger partial charge in [0, 0.05) is 17.3 Å². The van der Waals surface area contributed by atoms with E-state index in [0.29, 0.717) is 16.9 Å². The topological polar surface area (TPSA) is 112 Å². The molecule has 0 saturated carbocycles. The Labute approximate surface area is 141 Å². The molecule has 5 N–H and O–H groups in total. The highest BCUT2D eigenvalue weighted by Gasteiger charge is 2.23. The van der Waals surface area contributed by atoms with E-state index in [1.54, 1.807) is 0 Å². The van der Waals surface area contributed by atoms with Crippen LogP contribution < -0.4 is 11.1 Å². The van der Waals surface area contributed by atoms with Crippen molar-refractivity contribution in [1.82, 2.24) is 4.98 Å².